The number of imidazole rings is 1. The van der Waals surface area contributed by atoms with Gasteiger partial charge in [0.25, 0.3) is 0 Å². The number of pyridine rings is 1. The Morgan fingerprint density at radius 3 is 2.38 bits per heavy atom. The van der Waals surface area contributed by atoms with Crippen molar-refractivity contribution in [2.75, 3.05) is 31.2 Å². The highest BCUT2D eigenvalue weighted by Gasteiger charge is 2.19. The predicted octanol–water partition coefficient (Wildman–Crippen LogP) is 6.21. The standard InChI is InChI=1S/C28H29FN4O/c1-18(2)28-31-26(27(32-28)25-6-4-5-19(3)30-25)21-9-12-24(29)23(17-21)20-7-10-22(11-8-20)33-13-15-34-16-14-33/h4-12,17-18H,13-16H2,1-3H3,(H,31,32). The average molecular weight is 457 g/mol. The second-order valence-electron chi connectivity index (χ2n) is 9.01. The molecule has 0 atom stereocenters. The van der Waals surface area contributed by atoms with Gasteiger partial charge in [0.2, 0.25) is 0 Å². The van der Waals surface area contributed by atoms with Crippen molar-refractivity contribution in [2.45, 2.75) is 26.7 Å². The smallest absolute Gasteiger partial charge is 0.131 e. The summed E-state index contributed by atoms with van der Waals surface area (Å²) in [6.45, 7) is 9.38. The molecule has 1 saturated heterocycles. The summed E-state index contributed by atoms with van der Waals surface area (Å²) in [5.74, 6) is 0.858. The van der Waals surface area contributed by atoms with Gasteiger partial charge in [0.15, 0.2) is 0 Å². The van der Waals surface area contributed by atoms with Gasteiger partial charge in [0.05, 0.1) is 30.3 Å². The average Bonchev–Trinajstić information content (AvgIpc) is 3.31. The molecule has 2 aromatic heterocycles. The van der Waals surface area contributed by atoms with Crippen LogP contribution < -0.4 is 4.90 Å². The van der Waals surface area contributed by atoms with E-state index in [0.717, 1.165) is 71.7 Å². The molecule has 3 heterocycles. The van der Waals surface area contributed by atoms with E-state index in [9.17, 15) is 4.39 Å². The first-order valence-corrected chi connectivity index (χ1v) is 11.8. The second kappa shape index (κ2) is 9.39. The van der Waals surface area contributed by atoms with E-state index in [4.69, 9.17) is 14.7 Å². The van der Waals surface area contributed by atoms with Crippen LogP contribution >= 0.6 is 0 Å². The van der Waals surface area contributed by atoms with Crippen LogP contribution in [-0.4, -0.2) is 41.3 Å². The summed E-state index contributed by atoms with van der Waals surface area (Å²) in [6, 6.07) is 19.2. The number of morpholine rings is 1. The first-order valence-electron chi connectivity index (χ1n) is 11.8. The predicted molar refractivity (Wildman–Crippen MR) is 135 cm³/mol. The number of anilines is 1. The maximum Gasteiger partial charge on any atom is 0.131 e. The molecular formula is C28H29FN4O. The molecule has 1 aliphatic heterocycles. The fourth-order valence-electron chi connectivity index (χ4n) is 4.31. The Hall–Kier alpha value is -3.51. The number of halogens is 1. The number of hydrogen-bond donors (Lipinski definition) is 1. The number of nitrogens with one attached hydrogen (secondary N) is 1. The Labute approximate surface area is 199 Å². The van der Waals surface area contributed by atoms with Crippen molar-refractivity contribution in [2.24, 2.45) is 0 Å². The molecule has 0 amide bonds. The normalized spacial score (nSPS) is 14.1. The van der Waals surface area contributed by atoms with E-state index in [0.29, 0.717) is 5.56 Å². The number of H-pyrrole nitrogens is 1. The fourth-order valence-corrected chi connectivity index (χ4v) is 4.31. The third-order valence-electron chi connectivity index (χ3n) is 6.21. The monoisotopic (exact) mass is 456 g/mol. The molecule has 0 saturated carbocycles. The summed E-state index contributed by atoms with van der Waals surface area (Å²) >= 11 is 0. The Bertz CT molecular complexity index is 1290. The van der Waals surface area contributed by atoms with Crippen LogP contribution in [0.2, 0.25) is 0 Å². The molecule has 4 aromatic rings. The SMILES string of the molecule is Cc1cccc(-c2[nH]c(C(C)C)nc2-c2ccc(F)c(-c3ccc(N4CCOCC4)cc3)c2)n1. The van der Waals surface area contributed by atoms with Crippen LogP contribution in [-0.2, 0) is 4.74 Å². The topological polar surface area (TPSA) is 54.0 Å². The zero-order valence-corrected chi connectivity index (χ0v) is 19.8. The molecule has 34 heavy (non-hydrogen) atoms. The highest BCUT2D eigenvalue weighted by Crippen LogP contribution is 2.35. The van der Waals surface area contributed by atoms with E-state index in [1.807, 2.05) is 43.3 Å². The summed E-state index contributed by atoms with van der Waals surface area (Å²) in [5, 5.41) is 0. The van der Waals surface area contributed by atoms with Crippen molar-refractivity contribution in [3.63, 3.8) is 0 Å². The number of benzene rings is 2. The lowest BCUT2D eigenvalue weighted by atomic mass is 9.99. The number of rotatable bonds is 5. The highest BCUT2D eigenvalue weighted by atomic mass is 19.1. The van der Waals surface area contributed by atoms with Crippen LogP contribution in [0.25, 0.3) is 33.8 Å². The fraction of sp³-hybridized carbons (Fsp3) is 0.286. The lowest BCUT2D eigenvalue weighted by Gasteiger charge is -2.29. The molecular weight excluding hydrogens is 427 g/mol. The van der Waals surface area contributed by atoms with Crippen molar-refractivity contribution in [3.8, 4) is 33.8 Å². The number of aromatic amines is 1. The lowest BCUT2D eigenvalue weighted by molar-refractivity contribution is 0.122. The quantitative estimate of drug-likeness (QED) is 0.388. The first kappa shape index (κ1) is 22.3. The molecule has 5 nitrogen and oxygen atoms in total. The van der Waals surface area contributed by atoms with Crippen molar-refractivity contribution < 1.29 is 9.13 Å². The van der Waals surface area contributed by atoms with Gasteiger partial charge < -0.3 is 14.6 Å². The van der Waals surface area contributed by atoms with Gasteiger partial charge >= 0.3 is 0 Å². The van der Waals surface area contributed by atoms with Crippen molar-refractivity contribution in [1.82, 2.24) is 15.0 Å². The molecule has 0 radical (unpaired) electrons. The zero-order valence-electron chi connectivity index (χ0n) is 19.8. The third kappa shape index (κ3) is 4.46. The summed E-state index contributed by atoms with van der Waals surface area (Å²) in [5.41, 5.74) is 6.79. The van der Waals surface area contributed by atoms with E-state index in [1.165, 1.54) is 6.07 Å². The molecule has 0 bridgehead atoms. The number of aromatic nitrogens is 3. The van der Waals surface area contributed by atoms with Crippen LogP contribution in [0.5, 0.6) is 0 Å². The molecule has 6 heteroatoms. The number of nitrogens with zero attached hydrogens (tertiary/aromatic N) is 3. The summed E-state index contributed by atoms with van der Waals surface area (Å²) in [6.07, 6.45) is 0. The van der Waals surface area contributed by atoms with E-state index in [1.54, 1.807) is 6.07 Å². The molecule has 2 aromatic carbocycles. The van der Waals surface area contributed by atoms with Crippen LogP contribution in [0.15, 0.2) is 60.7 Å². The largest absolute Gasteiger partial charge is 0.378 e. The third-order valence-corrected chi connectivity index (χ3v) is 6.21. The maximum atomic E-state index is 15.0. The van der Waals surface area contributed by atoms with Gasteiger partial charge in [-0.05, 0) is 55.0 Å². The summed E-state index contributed by atoms with van der Waals surface area (Å²) in [7, 11) is 0. The van der Waals surface area contributed by atoms with Crippen molar-refractivity contribution >= 4 is 5.69 Å². The number of ether oxygens (including phenoxy) is 1. The molecule has 174 valence electrons. The van der Waals surface area contributed by atoms with Crippen LogP contribution in [0.4, 0.5) is 10.1 Å². The molecule has 0 aliphatic carbocycles. The Morgan fingerprint density at radius 2 is 1.68 bits per heavy atom. The van der Waals surface area contributed by atoms with E-state index in [-0.39, 0.29) is 11.7 Å². The molecule has 1 fully saturated rings. The van der Waals surface area contributed by atoms with Crippen molar-refractivity contribution in [3.05, 3.63) is 78.0 Å². The van der Waals surface area contributed by atoms with E-state index in [2.05, 4.69) is 35.9 Å². The second-order valence-corrected chi connectivity index (χ2v) is 9.01. The van der Waals surface area contributed by atoms with Gasteiger partial charge in [0.1, 0.15) is 11.6 Å². The Morgan fingerprint density at radius 1 is 0.941 bits per heavy atom. The highest BCUT2D eigenvalue weighted by molar-refractivity contribution is 5.80. The van der Waals surface area contributed by atoms with Gasteiger partial charge in [-0.25, -0.2) is 9.37 Å². The molecule has 0 unspecified atom stereocenters. The molecule has 1 N–H and O–H groups in total. The van der Waals surface area contributed by atoms with E-state index >= 15 is 0 Å². The number of hydrogen-bond acceptors (Lipinski definition) is 4. The van der Waals surface area contributed by atoms with Gasteiger partial charge in [-0.3, -0.25) is 4.98 Å². The van der Waals surface area contributed by atoms with Gasteiger partial charge in [-0.2, -0.15) is 0 Å². The van der Waals surface area contributed by atoms with Crippen LogP contribution in [0.3, 0.4) is 0 Å². The van der Waals surface area contributed by atoms with Crippen LogP contribution in [0.1, 0.15) is 31.3 Å². The molecule has 0 spiro atoms. The minimum atomic E-state index is -0.252. The lowest BCUT2D eigenvalue weighted by Crippen LogP contribution is -2.36. The Balaban J connectivity index is 1.54. The molecule has 5 rings (SSSR count). The first-order chi connectivity index (χ1) is 16.5. The zero-order chi connectivity index (χ0) is 23.7. The number of aryl methyl sites for hydroxylation is 1. The molecule has 1 aliphatic rings. The van der Waals surface area contributed by atoms with Crippen LogP contribution in [0, 0.1) is 12.7 Å². The van der Waals surface area contributed by atoms with Gasteiger partial charge in [0, 0.05) is 41.5 Å². The van der Waals surface area contributed by atoms with E-state index < -0.39 is 0 Å². The maximum absolute atomic E-state index is 15.0. The Kier molecular flexibility index (Phi) is 6.16. The summed E-state index contributed by atoms with van der Waals surface area (Å²) in [4.78, 5) is 15.3. The minimum Gasteiger partial charge on any atom is -0.378 e. The van der Waals surface area contributed by atoms with Gasteiger partial charge in [-0.15, -0.1) is 0 Å². The minimum absolute atomic E-state index is 0.227. The van der Waals surface area contributed by atoms with Gasteiger partial charge in [-0.1, -0.05) is 32.0 Å². The van der Waals surface area contributed by atoms with Crippen molar-refractivity contribution in [1.29, 1.82) is 0 Å². The summed E-state index contributed by atoms with van der Waals surface area (Å²) < 4.78 is 20.4.